The van der Waals surface area contributed by atoms with E-state index >= 15 is 0 Å². The van der Waals surface area contributed by atoms with Crippen molar-refractivity contribution in [3.05, 3.63) is 29.6 Å². The first kappa shape index (κ1) is 9.27. The van der Waals surface area contributed by atoms with Crippen LogP contribution in [0.4, 0.5) is 4.39 Å². The summed E-state index contributed by atoms with van der Waals surface area (Å²) in [6.07, 6.45) is 0.722. The van der Waals surface area contributed by atoms with E-state index in [4.69, 9.17) is 5.11 Å². The van der Waals surface area contributed by atoms with E-state index in [1.54, 1.807) is 0 Å². The first-order valence-electron chi connectivity index (χ1n) is 3.65. The maximum Gasteiger partial charge on any atom is 0.167 e. The van der Waals surface area contributed by atoms with Gasteiger partial charge in [-0.3, -0.25) is 0 Å². The summed E-state index contributed by atoms with van der Waals surface area (Å²) in [6, 6.07) is 4.07. The summed E-state index contributed by atoms with van der Waals surface area (Å²) in [5, 5.41) is 9.13. The number of phenolic OH excluding ortho intramolecular Hbond substituents is 1. The van der Waals surface area contributed by atoms with E-state index in [-0.39, 0.29) is 12.0 Å². The van der Waals surface area contributed by atoms with Gasteiger partial charge in [0.15, 0.2) is 11.6 Å². The minimum Gasteiger partial charge on any atom is -0.504 e. The molecule has 0 amide bonds. The van der Waals surface area contributed by atoms with E-state index in [9.17, 15) is 9.18 Å². The fourth-order valence-corrected chi connectivity index (χ4v) is 0.804. The van der Waals surface area contributed by atoms with Crippen LogP contribution in [0.1, 0.15) is 12.0 Å². The summed E-state index contributed by atoms with van der Waals surface area (Å²) >= 11 is 0. The van der Waals surface area contributed by atoms with Crippen LogP contribution in [0.15, 0.2) is 18.2 Å². The summed E-state index contributed by atoms with van der Waals surface area (Å²) in [5.41, 5.74) is 0.196. The molecule has 13 heavy (non-hydrogen) atoms. The number of aldehydes is 1. The highest BCUT2D eigenvalue weighted by Crippen LogP contribution is 2.19. The molecule has 0 atom stereocenters. The molecule has 0 aliphatic heterocycles. The number of halogens is 1. The average molecular weight is 178 g/mol. The molecule has 66 valence electrons. The fraction of sp³-hybridized carbons (Fsp3) is 0.100. The number of benzene rings is 1. The van der Waals surface area contributed by atoms with Crippen molar-refractivity contribution in [2.24, 2.45) is 0 Å². The SMILES string of the molecule is O=CCC#Cc1cccc(F)c1O. The maximum atomic E-state index is 12.7. The molecule has 1 aromatic carbocycles. The molecule has 0 radical (unpaired) electrons. The van der Waals surface area contributed by atoms with Crippen LogP contribution in [-0.4, -0.2) is 11.4 Å². The van der Waals surface area contributed by atoms with Crippen molar-refractivity contribution >= 4 is 6.29 Å². The Hall–Kier alpha value is -1.82. The van der Waals surface area contributed by atoms with E-state index in [1.807, 2.05) is 0 Å². The van der Waals surface area contributed by atoms with Gasteiger partial charge < -0.3 is 9.90 Å². The Balaban J connectivity index is 2.97. The number of carbonyl (C=O) groups is 1. The lowest BCUT2D eigenvalue weighted by Gasteiger charge is -1.96. The third-order valence-electron chi connectivity index (χ3n) is 1.40. The van der Waals surface area contributed by atoms with Crippen LogP contribution in [0.2, 0.25) is 0 Å². The average Bonchev–Trinajstić information content (AvgIpc) is 2.13. The Labute approximate surface area is 75.0 Å². The zero-order valence-corrected chi connectivity index (χ0v) is 6.75. The molecular formula is C10H7FO2. The molecular weight excluding hydrogens is 171 g/mol. The summed E-state index contributed by atoms with van der Waals surface area (Å²) in [6.45, 7) is 0. The summed E-state index contributed by atoms with van der Waals surface area (Å²) < 4.78 is 12.7. The van der Waals surface area contributed by atoms with E-state index in [2.05, 4.69) is 11.8 Å². The van der Waals surface area contributed by atoms with Gasteiger partial charge in [-0.2, -0.15) is 0 Å². The van der Waals surface area contributed by atoms with E-state index in [0.717, 1.165) is 6.07 Å². The molecule has 0 fully saturated rings. The number of phenols is 1. The molecule has 1 N–H and O–H groups in total. The third-order valence-corrected chi connectivity index (χ3v) is 1.40. The van der Waals surface area contributed by atoms with Crippen LogP contribution in [0, 0.1) is 17.7 Å². The van der Waals surface area contributed by atoms with Gasteiger partial charge in [0.05, 0.1) is 12.0 Å². The van der Waals surface area contributed by atoms with Gasteiger partial charge in [-0.1, -0.05) is 17.9 Å². The van der Waals surface area contributed by atoms with Crippen LogP contribution in [0.25, 0.3) is 0 Å². The van der Waals surface area contributed by atoms with Crippen molar-refractivity contribution in [1.82, 2.24) is 0 Å². The Morgan fingerprint density at radius 2 is 2.31 bits per heavy atom. The van der Waals surface area contributed by atoms with Crippen molar-refractivity contribution < 1.29 is 14.3 Å². The van der Waals surface area contributed by atoms with Crippen LogP contribution < -0.4 is 0 Å². The normalized spacial score (nSPS) is 8.69. The zero-order chi connectivity index (χ0) is 9.68. The summed E-state index contributed by atoms with van der Waals surface area (Å²) in [5.74, 6) is 3.78. The highest BCUT2D eigenvalue weighted by molar-refractivity contribution is 5.56. The van der Waals surface area contributed by atoms with E-state index < -0.39 is 11.6 Å². The molecule has 0 unspecified atom stereocenters. The Morgan fingerprint density at radius 1 is 1.54 bits per heavy atom. The number of aromatic hydroxyl groups is 1. The van der Waals surface area contributed by atoms with Crippen LogP contribution in [0.3, 0.4) is 0 Å². The lowest BCUT2D eigenvalue weighted by molar-refractivity contribution is -0.107. The molecule has 0 heterocycles. The topological polar surface area (TPSA) is 37.3 Å². The van der Waals surface area contributed by atoms with Crippen molar-refractivity contribution in [3.8, 4) is 17.6 Å². The molecule has 3 heteroatoms. The lowest BCUT2D eigenvalue weighted by Crippen LogP contribution is -1.81. The largest absolute Gasteiger partial charge is 0.504 e. The number of rotatable bonds is 1. The van der Waals surface area contributed by atoms with Gasteiger partial charge >= 0.3 is 0 Å². The molecule has 0 saturated heterocycles. The van der Waals surface area contributed by atoms with Gasteiger partial charge in [-0.05, 0) is 12.1 Å². The fourth-order valence-electron chi connectivity index (χ4n) is 0.804. The van der Waals surface area contributed by atoms with Crippen molar-refractivity contribution in [3.63, 3.8) is 0 Å². The van der Waals surface area contributed by atoms with Gasteiger partial charge in [-0.25, -0.2) is 4.39 Å². The van der Waals surface area contributed by atoms with Crippen molar-refractivity contribution in [2.45, 2.75) is 6.42 Å². The highest BCUT2D eigenvalue weighted by atomic mass is 19.1. The molecule has 0 aliphatic carbocycles. The standard InChI is InChI=1S/C10H7FO2/c11-9-6-3-5-8(10(9)13)4-1-2-7-12/h3,5-7,13H,2H2. The third kappa shape index (κ3) is 2.31. The summed E-state index contributed by atoms with van der Waals surface area (Å²) in [4.78, 5) is 9.91. The summed E-state index contributed by atoms with van der Waals surface area (Å²) in [7, 11) is 0. The Morgan fingerprint density at radius 3 is 3.00 bits per heavy atom. The van der Waals surface area contributed by atoms with Crippen molar-refractivity contribution in [1.29, 1.82) is 0 Å². The second kappa shape index (κ2) is 4.27. The quantitative estimate of drug-likeness (QED) is 0.522. The molecule has 0 bridgehead atoms. The lowest BCUT2D eigenvalue weighted by atomic mass is 10.2. The smallest absolute Gasteiger partial charge is 0.167 e. The van der Waals surface area contributed by atoms with Gasteiger partial charge in [0, 0.05) is 0 Å². The van der Waals surface area contributed by atoms with Crippen LogP contribution in [0.5, 0.6) is 5.75 Å². The second-order valence-corrected chi connectivity index (χ2v) is 2.31. The van der Waals surface area contributed by atoms with Gasteiger partial charge in [0.1, 0.15) is 6.29 Å². The van der Waals surface area contributed by atoms with Gasteiger partial charge in [-0.15, -0.1) is 0 Å². The zero-order valence-electron chi connectivity index (χ0n) is 6.75. The number of hydrogen-bond donors (Lipinski definition) is 1. The number of hydrogen-bond acceptors (Lipinski definition) is 2. The first-order valence-corrected chi connectivity index (χ1v) is 3.65. The molecule has 0 aromatic heterocycles. The molecule has 0 aliphatic rings. The van der Waals surface area contributed by atoms with Crippen LogP contribution >= 0.6 is 0 Å². The van der Waals surface area contributed by atoms with Crippen LogP contribution in [-0.2, 0) is 4.79 Å². The first-order chi connectivity index (χ1) is 6.25. The van der Waals surface area contributed by atoms with Crippen molar-refractivity contribution in [2.75, 3.05) is 0 Å². The molecule has 0 spiro atoms. The van der Waals surface area contributed by atoms with E-state index in [1.165, 1.54) is 12.1 Å². The van der Waals surface area contributed by atoms with E-state index in [0.29, 0.717) is 6.29 Å². The predicted molar refractivity (Wildman–Crippen MR) is 45.6 cm³/mol. The predicted octanol–water partition coefficient (Wildman–Crippen LogP) is 1.47. The minimum atomic E-state index is -0.710. The van der Waals surface area contributed by atoms with Gasteiger partial charge in [0.25, 0.3) is 0 Å². The number of carbonyl (C=O) groups excluding carboxylic acids is 1. The molecule has 2 nitrogen and oxygen atoms in total. The van der Waals surface area contributed by atoms with Gasteiger partial charge in [0.2, 0.25) is 0 Å². The Bertz CT molecular complexity index is 374. The monoisotopic (exact) mass is 178 g/mol. The molecule has 1 rings (SSSR count). The maximum absolute atomic E-state index is 12.7. The second-order valence-electron chi connectivity index (χ2n) is 2.31. The Kier molecular flexibility index (Phi) is 3.04. The molecule has 0 saturated carbocycles. The molecule has 1 aromatic rings. The number of para-hydroxylation sites is 1. The minimum absolute atomic E-state index is 0.0793. The highest BCUT2D eigenvalue weighted by Gasteiger charge is 2.02.